The third-order valence-electron chi connectivity index (χ3n) is 3.70. The standard InChI is InChI=1S/C16H12F2N2O5/c17-13-6-1-10(7-14(13)18)15-8-24-9-19(15)16(21)25-12-4-2-11(3-5-12)20(22)23/h1-7,15H,8-9H2/t15-/m1/s1. The van der Waals surface area contributed by atoms with Crippen molar-refractivity contribution in [3.63, 3.8) is 0 Å². The summed E-state index contributed by atoms with van der Waals surface area (Å²) in [4.78, 5) is 23.5. The lowest BCUT2D eigenvalue weighted by atomic mass is 10.1. The van der Waals surface area contributed by atoms with E-state index < -0.39 is 28.7 Å². The molecule has 0 N–H and O–H groups in total. The first-order valence-electron chi connectivity index (χ1n) is 7.21. The van der Waals surface area contributed by atoms with Crippen molar-refractivity contribution < 1.29 is 28.0 Å². The highest BCUT2D eigenvalue weighted by Gasteiger charge is 2.33. The number of halogens is 2. The number of nitro groups is 1. The van der Waals surface area contributed by atoms with Crippen LogP contribution in [0.3, 0.4) is 0 Å². The zero-order chi connectivity index (χ0) is 18.0. The van der Waals surface area contributed by atoms with Crippen molar-refractivity contribution >= 4 is 11.8 Å². The predicted molar refractivity (Wildman–Crippen MR) is 80.9 cm³/mol. The van der Waals surface area contributed by atoms with Crippen molar-refractivity contribution in [2.45, 2.75) is 6.04 Å². The van der Waals surface area contributed by atoms with Crippen LogP contribution >= 0.6 is 0 Å². The average Bonchev–Trinajstić information content (AvgIpc) is 3.07. The maximum atomic E-state index is 13.4. The molecule has 0 aromatic heterocycles. The van der Waals surface area contributed by atoms with Gasteiger partial charge in [0, 0.05) is 12.1 Å². The summed E-state index contributed by atoms with van der Waals surface area (Å²) in [5, 5.41) is 10.6. The zero-order valence-corrected chi connectivity index (χ0v) is 12.7. The second-order valence-electron chi connectivity index (χ2n) is 5.28. The first-order chi connectivity index (χ1) is 12.0. The lowest BCUT2D eigenvalue weighted by molar-refractivity contribution is -0.384. The van der Waals surface area contributed by atoms with Crippen LogP contribution in [-0.4, -0.2) is 29.3 Å². The lowest BCUT2D eigenvalue weighted by Gasteiger charge is -2.22. The van der Waals surface area contributed by atoms with Gasteiger partial charge < -0.3 is 9.47 Å². The van der Waals surface area contributed by atoms with E-state index in [4.69, 9.17) is 9.47 Å². The third kappa shape index (κ3) is 3.56. The fourth-order valence-electron chi connectivity index (χ4n) is 2.41. The summed E-state index contributed by atoms with van der Waals surface area (Å²) in [5.74, 6) is -1.89. The van der Waals surface area contributed by atoms with Gasteiger partial charge in [0.15, 0.2) is 11.6 Å². The van der Waals surface area contributed by atoms with E-state index in [0.717, 1.165) is 12.1 Å². The van der Waals surface area contributed by atoms with Gasteiger partial charge in [-0.1, -0.05) is 6.07 Å². The minimum atomic E-state index is -1.02. The predicted octanol–water partition coefficient (Wildman–Crippen LogP) is 3.40. The number of amides is 1. The van der Waals surface area contributed by atoms with Crippen molar-refractivity contribution in [1.82, 2.24) is 4.90 Å². The number of rotatable bonds is 3. The molecule has 1 saturated heterocycles. The molecular formula is C16H12F2N2O5. The van der Waals surface area contributed by atoms with Gasteiger partial charge in [0.25, 0.3) is 5.69 Å². The molecule has 1 aliphatic rings. The van der Waals surface area contributed by atoms with Gasteiger partial charge in [0.1, 0.15) is 12.5 Å². The number of nitro benzene ring substituents is 1. The van der Waals surface area contributed by atoms with E-state index in [1.807, 2.05) is 0 Å². The highest BCUT2D eigenvalue weighted by Crippen LogP contribution is 2.28. The fraction of sp³-hybridized carbons (Fsp3) is 0.188. The van der Waals surface area contributed by atoms with Gasteiger partial charge in [-0.3, -0.25) is 15.0 Å². The molecule has 1 amide bonds. The Hall–Kier alpha value is -3.07. The van der Waals surface area contributed by atoms with Crippen LogP contribution in [0, 0.1) is 21.7 Å². The topological polar surface area (TPSA) is 81.9 Å². The number of carbonyl (C=O) groups is 1. The minimum absolute atomic E-state index is 0.0739. The molecule has 1 heterocycles. The Balaban J connectivity index is 1.74. The van der Waals surface area contributed by atoms with Crippen LogP contribution in [-0.2, 0) is 4.74 Å². The van der Waals surface area contributed by atoms with E-state index in [1.54, 1.807) is 0 Å². The summed E-state index contributed by atoms with van der Waals surface area (Å²) < 4.78 is 36.8. The second-order valence-corrected chi connectivity index (χ2v) is 5.28. The summed E-state index contributed by atoms with van der Waals surface area (Å²) in [5.41, 5.74) is 0.237. The van der Waals surface area contributed by atoms with E-state index >= 15 is 0 Å². The minimum Gasteiger partial charge on any atom is -0.410 e. The number of hydrogen-bond acceptors (Lipinski definition) is 5. The Bertz CT molecular complexity index is 813. The number of non-ortho nitro benzene ring substituents is 1. The monoisotopic (exact) mass is 350 g/mol. The summed E-state index contributed by atoms with van der Waals surface area (Å²) in [7, 11) is 0. The second kappa shape index (κ2) is 6.81. The molecule has 1 aliphatic heterocycles. The van der Waals surface area contributed by atoms with Crippen LogP contribution in [0.15, 0.2) is 42.5 Å². The van der Waals surface area contributed by atoms with Crippen LogP contribution in [0.4, 0.5) is 19.3 Å². The number of nitrogens with zero attached hydrogens (tertiary/aromatic N) is 2. The molecule has 3 rings (SSSR count). The van der Waals surface area contributed by atoms with Crippen molar-refractivity contribution in [3.8, 4) is 5.75 Å². The molecule has 1 atom stereocenters. The quantitative estimate of drug-likeness (QED) is 0.626. The molecule has 0 unspecified atom stereocenters. The van der Waals surface area contributed by atoms with Gasteiger partial charge in [-0.25, -0.2) is 13.6 Å². The van der Waals surface area contributed by atoms with Crippen LogP contribution < -0.4 is 4.74 Å². The number of carbonyl (C=O) groups excluding carboxylic acids is 1. The molecular weight excluding hydrogens is 338 g/mol. The van der Waals surface area contributed by atoms with Gasteiger partial charge >= 0.3 is 6.09 Å². The van der Waals surface area contributed by atoms with E-state index in [1.165, 1.54) is 35.2 Å². The van der Waals surface area contributed by atoms with Crippen molar-refractivity contribution in [3.05, 3.63) is 69.8 Å². The molecule has 0 aliphatic carbocycles. The summed E-state index contributed by atoms with van der Waals surface area (Å²) in [6.07, 6.45) is -0.763. The maximum Gasteiger partial charge on any atom is 0.417 e. The fourth-order valence-corrected chi connectivity index (χ4v) is 2.41. The zero-order valence-electron chi connectivity index (χ0n) is 12.7. The first-order valence-corrected chi connectivity index (χ1v) is 7.21. The molecule has 2 aromatic rings. The van der Waals surface area contributed by atoms with E-state index in [-0.39, 0.29) is 24.8 Å². The molecule has 1 fully saturated rings. The molecule has 0 bridgehead atoms. The lowest BCUT2D eigenvalue weighted by Crippen LogP contribution is -2.33. The third-order valence-corrected chi connectivity index (χ3v) is 3.70. The van der Waals surface area contributed by atoms with Gasteiger partial charge in [-0.05, 0) is 29.8 Å². The maximum absolute atomic E-state index is 13.4. The van der Waals surface area contributed by atoms with E-state index in [9.17, 15) is 23.7 Å². The van der Waals surface area contributed by atoms with E-state index in [0.29, 0.717) is 5.56 Å². The largest absolute Gasteiger partial charge is 0.417 e. The highest BCUT2D eigenvalue weighted by atomic mass is 19.2. The Kier molecular flexibility index (Phi) is 4.57. The van der Waals surface area contributed by atoms with Gasteiger partial charge in [0.05, 0.1) is 17.6 Å². The Morgan fingerprint density at radius 3 is 2.56 bits per heavy atom. The smallest absolute Gasteiger partial charge is 0.410 e. The number of benzene rings is 2. The van der Waals surface area contributed by atoms with Crippen LogP contribution in [0.25, 0.3) is 0 Å². The van der Waals surface area contributed by atoms with Crippen molar-refractivity contribution in [2.75, 3.05) is 13.3 Å². The molecule has 2 aromatic carbocycles. The Morgan fingerprint density at radius 2 is 1.92 bits per heavy atom. The molecule has 9 heteroatoms. The molecule has 7 nitrogen and oxygen atoms in total. The number of hydrogen-bond donors (Lipinski definition) is 0. The molecule has 25 heavy (non-hydrogen) atoms. The van der Waals surface area contributed by atoms with Crippen molar-refractivity contribution in [1.29, 1.82) is 0 Å². The Labute approximate surface area is 140 Å². The van der Waals surface area contributed by atoms with Crippen LogP contribution in [0.1, 0.15) is 11.6 Å². The van der Waals surface area contributed by atoms with Gasteiger partial charge in [0.2, 0.25) is 0 Å². The normalized spacial score (nSPS) is 16.7. The molecule has 130 valence electrons. The summed E-state index contributed by atoms with van der Waals surface area (Å²) >= 11 is 0. The van der Waals surface area contributed by atoms with Crippen LogP contribution in [0.2, 0.25) is 0 Å². The first kappa shape index (κ1) is 16.8. The SMILES string of the molecule is O=C(Oc1ccc([N+](=O)[O-])cc1)N1COC[C@@H]1c1ccc(F)c(F)c1. The molecule has 0 saturated carbocycles. The molecule has 0 radical (unpaired) electrons. The van der Waals surface area contributed by atoms with E-state index in [2.05, 4.69) is 0 Å². The Morgan fingerprint density at radius 1 is 1.20 bits per heavy atom. The highest BCUT2D eigenvalue weighted by molar-refractivity contribution is 5.71. The van der Waals surface area contributed by atoms with Gasteiger partial charge in [-0.15, -0.1) is 0 Å². The summed E-state index contributed by atoms with van der Waals surface area (Å²) in [6.45, 7) is 0.0376. The average molecular weight is 350 g/mol. The summed E-state index contributed by atoms with van der Waals surface area (Å²) in [6, 6.07) is 7.71. The van der Waals surface area contributed by atoms with Gasteiger partial charge in [-0.2, -0.15) is 0 Å². The number of ether oxygens (including phenoxy) is 2. The van der Waals surface area contributed by atoms with Crippen molar-refractivity contribution in [2.24, 2.45) is 0 Å². The molecule has 0 spiro atoms. The van der Waals surface area contributed by atoms with Crippen LogP contribution in [0.5, 0.6) is 5.75 Å².